The van der Waals surface area contributed by atoms with E-state index in [1.165, 1.54) is 18.5 Å². The summed E-state index contributed by atoms with van der Waals surface area (Å²) in [7, 11) is 1.97. The van der Waals surface area contributed by atoms with Crippen LogP contribution in [-0.4, -0.2) is 25.0 Å². The Hall–Kier alpha value is -2.34. The van der Waals surface area contributed by atoms with Crippen molar-refractivity contribution < 1.29 is 0 Å². The van der Waals surface area contributed by atoms with Crippen LogP contribution in [0.25, 0.3) is 11.4 Å². The lowest BCUT2D eigenvalue weighted by atomic mass is 10.1. The molecule has 6 nitrogen and oxygen atoms in total. The maximum Gasteiger partial charge on any atom is 0.163 e. The van der Waals surface area contributed by atoms with Crippen LogP contribution in [-0.2, 0) is 13.6 Å². The number of aromatic amines is 1. The largest absolute Gasteiger partial charge is 0.381 e. The summed E-state index contributed by atoms with van der Waals surface area (Å²) < 4.78 is 1.98. The molecule has 2 heterocycles. The molecule has 1 saturated carbocycles. The molecule has 7 heteroatoms. The summed E-state index contributed by atoms with van der Waals surface area (Å²) in [5, 5.41) is 19.6. The van der Waals surface area contributed by atoms with E-state index in [9.17, 15) is 0 Å². The number of benzene rings is 1. The molecule has 0 radical (unpaired) electrons. The standard InChI is InChI=1S/C17H19ClN6/c1-10-20-23-17(24(10)2)12-4-3-5-13(8-12)19-9-14-15(11-6-7-11)21-22-16(14)18/h3-5,8,11,19H,6-7,9H2,1-2H3,(H,21,22). The summed E-state index contributed by atoms with van der Waals surface area (Å²) in [6.07, 6.45) is 2.43. The Morgan fingerprint density at radius 3 is 2.88 bits per heavy atom. The van der Waals surface area contributed by atoms with Gasteiger partial charge in [0.05, 0.1) is 0 Å². The van der Waals surface area contributed by atoms with Crippen LogP contribution in [0.1, 0.15) is 35.8 Å². The number of nitrogens with zero attached hydrogens (tertiary/aromatic N) is 4. The molecule has 0 atom stereocenters. The lowest BCUT2D eigenvalue weighted by Gasteiger charge is -2.09. The number of anilines is 1. The van der Waals surface area contributed by atoms with Gasteiger partial charge < -0.3 is 9.88 Å². The van der Waals surface area contributed by atoms with E-state index in [0.29, 0.717) is 17.6 Å². The first-order valence-corrected chi connectivity index (χ1v) is 8.44. The quantitative estimate of drug-likeness (QED) is 0.742. The molecule has 3 aromatic rings. The first-order chi connectivity index (χ1) is 11.6. The van der Waals surface area contributed by atoms with Crippen molar-refractivity contribution in [2.24, 2.45) is 7.05 Å². The number of hydrogen-bond donors (Lipinski definition) is 2. The summed E-state index contributed by atoms with van der Waals surface area (Å²) in [6, 6.07) is 8.17. The predicted octanol–water partition coefficient (Wildman–Crippen LogP) is 3.66. The highest BCUT2D eigenvalue weighted by Gasteiger charge is 2.29. The van der Waals surface area contributed by atoms with Gasteiger partial charge >= 0.3 is 0 Å². The van der Waals surface area contributed by atoms with E-state index in [2.05, 4.69) is 31.8 Å². The van der Waals surface area contributed by atoms with Crippen molar-refractivity contribution in [3.63, 3.8) is 0 Å². The van der Waals surface area contributed by atoms with Gasteiger partial charge in [-0.25, -0.2) is 0 Å². The van der Waals surface area contributed by atoms with Gasteiger partial charge in [0.15, 0.2) is 11.0 Å². The lowest BCUT2D eigenvalue weighted by molar-refractivity contribution is 0.865. The third-order valence-corrected chi connectivity index (χ3v) is 4.83. The number of H-pyrrole nitrogens is 1. The third kappa shape index (κ3) is 2.78. The number of nitrogens with one attached hydrogen (secondary N) is 2. The number of halogens is 1. The molecule has 24 heavy (non-hydrogen) atoms. The van der Waals surface area contributed by atoms with E-state index in [4.69, 9.17) is 11.6 Å². The molecule has 4 rings (SSSR count). The normalized spacial score (nSPS) is 14.1. The van der Waals surface area contributed by atoms with Crippen LogP contribution < -0.4 is 5.32 Å². The second kappa shape index (κ2) is 5.94. The van der Waals surface area contributed by atoms with Crippen LogP contribution in [0.3, 0.4) is 0 Å². The maximum absolute atomic E-state index is 6.23. The molecule has 0 aliphatic heterocycles. The molecular formula is C17H19ClN6. The summed E-state index contributed by atoms with van der Waals surface area (Å²) in [4.78, 5) is 0. The van der Waals surface area contributed by atoms with Gasteiger partial charge in [-0.05, 0) is 31.9 Å². The van der Waals surface area contributed by atoms with Crippen molar-refractivity contribution in [2.75, 3.05) is 5.32 Å². The second-order valence-corrected chi connectivity index (χ2v) is 6.60. The summed E-state index contributed by atoms with van der Waals surface area (Å²) in [5.74, 6) is 2.34. The topological polar surface area (TPSA) is 71.4 Å². The van der Waals surface area contributed by atoms with Crippen molar-refractivity contribution in [1.29, 1.82) is 0 Å². The summed E-state index contributed by atoms with van der Waals surface area (Å²) in [5.41, 5.74) is 4.29. The summed E-state index contributed by atoms with van der Waals surface area (Å²) in [6.45, 7) is 2.60. The number of aromatic nitrogens is 5. The van der Waals surface area contributed by atoms with Gasteiger partial charge in [0, 0.05) is 42.0 Å². The zero-order chi connectivity index (χ0) is 16.7. The molecule has 0 saturated heterocycles. The molecule has 1 aliphatic carbocycles. The molecule has 1 aromatic carbocycles. The Morgan fingerprint density at radius 1 is 1.33 bits per heavy atom. The van der Waals surface area contributed by atoms with Crippen molar-refractivity contribution in [1.82, 2.24) is 25.0 Å². The van der Waals surface area contributed by atoms with Gasteiger partial charge in [-0.3, -0.25) is 5.10 Å². The first-order valence-electron chi connectivity index (χ1n) is 8.06. The lowest BCUT2D eigenvalue weighted by Crippen LogP contribution is -2.02. The van der Waals surface area contributed by atoms with Gasteiger partial charge in [-0.2, -0.15) is 5.10 Å². The molecule has 2 aromatic heterocycles. The minimum absolute atomic E-state index is 0.560. The van der Waals surface area contributed by atoms with Crippen LogP contribution in [0.4, 0.5) is 5.69 Å². The van der Waals surface area contributed by atoms with E-state index in [1.807, 2.05) is 36.7 Å². The Labute approximate surface area is 145 Å². The maximum atomic E-state index is 6.23. The highest BCUT2D eigenvalue weighted by molar-refractivity contribution is 6.30. The number of rotatable bonds is 5. The second-order valence-electron chi connectivity index (χ2n) is 6.25. The van der Waals surface area contributed by atoms with Crippen molar-refractivity contribution in [2.45, 2.75) is 32.2 Å². The Kier molecular flexibility index (Phi) is 3.76. The Morgan fingerprint density at radius 2 is 2.17 bits per heavy atom. The Balaban J connectivity index is 1.55. The smallest absolute Gasteiger partial charge is 0.163 e. The van der Waals surface area contributed by atoms with Crippen LogP contribution in [0.5, 0.6) is 0 Å². The molecule has 124 valence electrons. The fourth-order valence-corrected chi connectivity index (χ4v) is 3.06. The molecule has 1 fully saturated rings. The van der Waals surface area contributed by atoms with E-state index in [0.717, 1.165) is 28.5 Å². The Bertz CT molecular complexity index is 877. The predicted molar refractivity (Wildman–Crippen MR) is 94.1 cm³/mol. The molecule has 2 N–H and O–H groups in total. The van der Waals surface area contributed by atoms with Crippen molar-refractivity contribution in [3.05, 3.63) is 46.5 Å². The fraction of sp³-hybridized carbons (Fsp3) is 0.353. The summed E-state index contributed by atoms with van der Waals surface area (Å²) >= 11 is 6.23. The molecule has 0 spiro atoms. The monoisotopic (exact) mass is 342 g/mol. The minimum Gasteiger partial charge on any atom is -0.381 e. The van der Waals surface area contributed by atoms with Crippen LogP contribution in [0.15, 0.2) is 24.3 Å². The highest BCUT2D eigenvalue weighted by atomic mass is 35.5. The molecule has 0 bridgehead atoms. The average molecular weight is 343 g/mol. The van der Waals surface area contributed by atoms with Gasteiger partial charge in [0.1, 0.15) is 5.82 Å². The molecule has 0 unspecified atom stereocenters. The number of hydrogen-bond acceptors (Lipinski definition) is 4. The zero-order valence-corrected chi connectivity index (χ0v) is 14.4. The zero-order valence-electron chi connectivity index (χ0n) is 13.7. The van der Waals surface area contributed by atoms with Gasteiger partial charge in [-0.15, -0.1) is 10.2 Å². The highest BCUT2D eigenvalue weighted by Crippen LogP contribution is 2.42. The minimum atomic E-state index is 0.560. The van der Waals surface area contributed by atoms with E-state index in [1.54, 1.807) is 0 Å². The molecule has 0 amide bonds. The third-order valence-electron chi connectivity index (χ3n) is 4.52. The number of aryl methyl sites for hydroxylation is 1. The van der Waals surface area contributed by atoms with E-state index >= 15 is 0 Å². The average Bonchev–Trinajstić information content (AvgIpc) is 3.29. The van der Waals surface area contributed by atoms with Crippen LogP contribution in [0.2, 0.25) is 5.15 Å². The van der Waals surface area contributed by atoms with Gasteiger partial charge in [0.25, 0.3) is 0 Å². The van der Waals surface area contributed by atoms with Gasteiger partial charge in [-0.1, -0.05) is 23.7 Å². The van der Waals surface area contributed by atoms with Crippen LogP contribution >= 0.6 is 11.6 Å². The molecule has 1 aliphatic rings. The SMILES string of the molecule is Cc1nnc(-c2cccc(NCc3c(Cl)n[nH]c3C3CC3)c2)n1C. The van der Waals surface area contributed by atoms with Crippen LogP contribution in [0, 0.1) is 6.92 Å². The van der Waals surface area contributed by atoms with Gasteiger partial charge in [0.2, 0.25) is 0 Å². The fourth-order valence-electron chi connectivity index (χ4n) is 2.85. The first kappa shape index (κ1) is 15.2. The molecular weight excluding hydrogens is 324 g/mol. The van der Waals surface area contributed by atoms with E-state index in [-0.39, 0.29) is 0 Å². The van der Waals surface area contributed by atoms with Crippen molar-refractivity contribution in [3.8, 4) is 11.4 Å². The van der Waals surface area contributed by atoms with Crippen molar-refractivity contribution >= 4 is 17.3 Å². The van der Waals surface area contributed by atoms with E-state index < -0.39 is 0 Å².